The molecule has 0 radical (unpaired) electrons. The standard InChI is InChI=1S/C13H19ClN2O2S/c1-15-8-11-12(14)4-3-5-13(11)16(2)10-6-7-19(17,18)9-10/h3-5,10,15H,6-9H2,1-2H3. The summed E-state index contributed by atoms with van der Waals surface area (Å²) in [6.45, 7) is 0.665. The molecule has 1 unspecified atom stereocenters. The Morgan fingerprint density at radius 1 is 1.47 bits per heavy atom. The molecule has 0 aliphatic carbocycles. The fourth-order valence-electron chi connectivity index (χ4n) is 2.51. The van der Waals surface area contributed by atoms with Gasteiger partial charge in [0.2, 0.25) is 0 Å². The third-order valence-corrected chi connectivity index (χ3v) is 5.69. The van der Waals surface area contributed by atoms with Gasteiger partial charge >= 0.3 is 0 Å². The molecule has 0 aromatic heterocycles. The Hall–Kier alpha value is -0.780. The van der Waals surface area contributed by atoms with Crippen molar-refractivity contribution in [2.45, 2.75) is 19.0 Å². The van der Waals surface area contributed by atoms with Crippen LogP contribution in [0.25, 0.3) is 0 Å². The molecule has 1 saturated heterocycles. The molecule has 0 spiro atoms. The number of nitrogens with zero attached hydrogens (tertiary/aromatic N) is 1. The molecule has 1 heterocycles. The smallest absolute Gasteiger partial charge is 0.152 e. The van der Waals surface area contributed by atoms with Gasteiger partial charge in [-0.25, -0.2) is 8.42 Å². The lowest BCUT2D eigenvalue weighted by Crippen LogP contribution is -2.33. The molecule has 1 aliphatic heterocycles. The van der Waals surface area contributed by atoms with Gasteiger partial charge in [0, 0.05) is 35.9 Å². The van der Waals surface area contributed by atoms with E-state index >= 15 is 0 Å². The summed E-state index contributed by atoms with van der Waals surface area (Å²) in [5, 5.41) is 3.81. The van der Waals surface area contributed by atoms with Gasteiger partial charge in [-0.05, 0) is 25.6 Å². The van der Waals surface area contributed by atoms with E-state index in [1.165, 1.54) is 0 Å². The molecular formula is C13H19ClN2O2S. The lowest BCUT2D eigenvalue weighted by atomic mass is 10.1. The van der Waals surface area contributed by atoms with E-state index in [1.54, 1.807) is 0 Å². The van der Waals surface area contributed by atoms with Crippen molar-refractivity contribution in [2.75, 3.05) is 30.5 Å². The van der Waals surface area contributed by atoms with Crippen molar-refractivity contribution in [1.82, 2.24) is 5.32 Å². The quantitative estimate of drug-likeness (QED) is 0.919. The summed E-state index contributed by atoms with van der Waals surface area (Å²) in [7, 11) is 0.935. The number of rotatable bonds is 4. The normalized spacial score (nSPS) is 21.5. The topological polar surface area (TPSA) is 49.4 Å². The SMILES string of the molecule is CNCc1c(Cl)cccc1N(C)C1CCS(=O)(=O)C1. The van der Waals surface area contributed by atoms with Crippen molar-refractivity contribution in [3.8, 4) is 0 Å². The second kappa shape index (κ2) is 5.69. The Bertz CT molecular complexity index is 560. The maximum absolute atomic E-state index is 11.6. The molecule has 4 nitrogen and oxygen atoms in total. The minimum Gasteiger partial charge on any atom is -0.370 e. The van der Waals surface area contributed by atoms with Crippen LogP contribution < -0.4 is 10.2 Å². The van der Waals surface area contributed by atoms with Crippen molar-refractivity contribution in [3.63, 3.8) is 0 Å². The predicted octanol–water partition coefficient (Wildman–Crippen LogP) is 1.68. The van der Waals surface area contributed by atoms with Crippen molar-refractivity contribution in [2.24, 2.45) is 0 Å². The fourth-order valence-corrected chi connectivity index (χ4v) is 4.52. The van der Waals surface area contributed by atoms with Gasteiger partial charge in [-0.15, -0.1) is 0 Å². The Labute approximate surface area is 119 Å². The zero-order valence-corrected chi connectivity index (χ0v) is 12.8. The van der Waals surface area contributed by atoms with E-state index in [4.69, 9.17) is 11.6 Å². The van der Waals surface area contributed by atoms with Gasteiger partial charge in [0.25, 0.3) is 0 Å². The lowest BCUT2D eigenvalue weighted by Gasteiger charge is -2.28. The number of halogens is 1. The van der Waals surface area contributed by atoms with Gasteiger partial charge in [0.15, 0.2) is 9.84 Å². The van der Waals surface area contributed by atoms with Crippen LogP contribution in [-0.2, 0) is 16.4 Å². The van der Waals surface area contributed by atoms with Gasteiger partial charge in [-0.2, -0.15) is 0 Å². The van der Waals surface area contributed by atoms with Crippen LogP contribution in [0.3, 0.4) is 0 Å². The monoisotopic (exact) mass is 302 g/mol. The third-order valence-electron chi connectivity index (χ3n) is 3.58. The second-order valence-electron chi connectivity index (χ2n) is 4.94. The van der Waals surface area contributed by atoms with Crippen LogP contribution in [-0.4, -0.2) is 40.1 Å². The molecule has 6 heteroatoms. The highest BCUT2D eigenvalue weighted by atomic mass is 35.5. The van der Waals surface area contributed by atoms with Crippen molar-refractivity contribution in [1.29, 1.82) is 0 Å². The van der Waals surface area contributed by atoms with Gasteiger partial charge in [-0.1, -0.05) is 17.7 Å². The molecule has 2 rings (SSSR count). The number of benzene rings is 1. The molecule has 1 aromatic rings. The first-order chi connectivity index (χ1) is 8.94. The summed E-state index contributed by atoms with van der Waals surface area (Å²) >= 11 is 6.23. The molecule has 1 fully saturated rings. The van der Waals surface area contributed by atoms with Crippen LogP contribution in [0.1, 0.15) is 12.0 Å². The van der Waals surface area contributed by atoms with Crippen molar-refractivity contribution >= 4 is 27.1 Å². The first-order valence-electron chi connectivity index (χ1n) is 6.30. The minimum atomic E-state index is -2.87. The van der Waals surface area contributed by atoms with Crippen LogP contribution in [0.5, 0.6) is 0 Å². The molecule has 0 amide bonds. The molecule has 19 heavy (non-hydrogen) atoms. The third kappa shape index (κ3) is 3.22. The van der Waals surface area contributed by atoms with Crippen molar-refractivity contribution in [3.05, 3.63) is 28.8 Å². The molecule has 1 aliphatic rings. The first kappa shape index (κ1) is 14.6. The summed E-state index contributed by atoms with van der Waals surface area (Å²) < 4.78 is 23.2. The number of hydrogen-bond acceptors (Lipinski definition) is 4. The molecule has 1 aromatic carbocycles. The Morgan fingerprint density at radius 3 is 2.79 bits per heavy atom. The minimum absolute atomic E-state index is 0.0408. The van der Waals surface area contributed by atoms with Gasteiger partial charge in [0.05, 0.1) is 11.5 Å². The van der Waals surface area contributed by atoms with Crippen LogP contribution in [0.2, 0.25) is 5.02 Å². The number of anilines is 1. The van der Waals surface area contributed by atoms with Crippen LogP contribution in [0.15, 0.2) is 18.2 Å². The average molecular weight is 303 g/mol. The van der Waals surface area contributed by atoms with E-state index < -0.39 is 9.84 Å². The van der Waals surface area contributed by atoms with E-state index in [0.29, 0.717) is 18.0 Å². The van der Waals surface area contributed by atoms with E-state index in [2.05, 4.69) is 5.32 Å². The molecule has 106 valence electrons. The van der Waals surface area contributed by atoms with E-state index in [0.717, 1.165) is 11.3 Å². The maximum Gasteiger partial charge on any atom is 0.152 e. The van der Waals surface area contributed by atoms with E-state index in [-0.39, 0.29) is 17.5 Å². The number of nitrogens with one attached hydrogen (secondary N) is 1. The van der Waals surface area contributed by atoms with Gasteiger partial charge < -0.3 is 10.2 Å². The van der Waals surface area contributed by atoms with Crippen LogP contribution in [0, 0.1) is 0 Å². The van der Waals surface area contributed by atoms with Gasteiger partial charge in [0.1, 0.15) is 0 Å². The molecular weight excluding hydrogens is 284 g/mol. The van der Waals surface area contributed by atoms with E-state index in [1.807, 2.05) is 37.2 Å². The predicted molar refractivity (Wildman–Crippen MR) is 79.7 cm³/mol. The summed E-state index contributed by atoms with van der Waals surface area (Å²) in [6.07, 6.45) is 0.685. The number of hydrogen-bond donors (Lipinski definition) is 1. The average Bonchev–Trinajstić information content (AvgIpc) is 2.72. The van der Waals surface area contributed by atoms with Crippen molar-refractivity contribution < 1.29 is 8.42 Å². The number of sulfone groups is 1. The molecule has 1 N–H and O–H groups in total. The highest BCUT2D eigenvalue weighted by molar-refractivity contribution is 7.91. The van der Waals surface area contributed by atoms with Crippen LogP contribution in [0.4, 0.5) is 5.69 Å². The van der Waals surface area contributed by atoms with Crippen LogP contribution >= 0.6 is 11.6 Å². The summed E-state index contributed by atoms with van der Waals surface area (Å²) in [5.41, 5.74) is 2.02. The van der Waals surface area contributed by atoms with E-state index in [9.17, 15) is 8.42 Å². The first-order valence-corrected chi connectivity index (χ1v) is 8.50. The Balaban J connectivity index is 2.29. The maximum atomic E-state index is 11.6. The summed E-state index contributed by atoms with van der Waals surface area (Å²) in [6, 6.07) is 5.79. The fraction of sp³-hybridized carbons (Fsp3) is 0.538. The molecule has 0 saturated carbocycles. The largest absolute Gasteiger partial charge is 0.370 e. The van der Waals surface area contributed by atoms with Gasteiger partial charge in [-0.3, -0.25) is 0 Å². The Kier molecular flexibility index (Phi) is 4.38. The summed E-state index contributed by atoms with van der Waals surface area (Å²) in [4.78, 5) is 2.04. The zero-order chi connectivity index (χ0) is 14.0. The summed E-state index contributed by atoms with van der Waals surface area (Å²) in [5.74, 6) is 0.513. The highest BCUT2D eigenvalue weighted by Crippen LogP contribution is 2.30. The second-order valence-corrected chi connectivity index (χ2v) is 7.57. The molecule has 0 bridgehead atoms. The molecule has 1 atom stereocenters. The Morgan fingerprint density at radius 2 is 2.21 bits per heavy atom. The lowest BCUT2D eigenvalue weighted by molar-refractivity contribution is 0.600. The zero-order valence-electron chi connectivity index (χ0n) is 11.2. The highest BCUT2D eigenvalue weighted by Gasteiger charge is 2.31.